The number of nitrogens with zero attached hydrogens (tertiary/aromatic N) is 2. The van der Waals surface area contributed by atoms with Gasteiger partial charge in [0.1, 0.15) is 0 Å². The minimum Gasteiger partial charge on any atom is -0.383 e. The first-order chi connectivity index (χ1) is 9.31. The number of aromatic nitrogens is 1. The van der Waals surface area contributed by atoms with Gasteiger partial charge in [-0.05, 0) is 34.6 Å². The summed E-state index contributed by atoms with van der Waals surface area (Å²) < 4.78 is 10.6. The normalized spacial score (nSPS) is 12.6. The van der Waals surface area contributed by atoms with E-state index in [1.165, 1.54) is 0 Å². The number of hydrogen-bond acceptors (Lipinski definition) is 5. The van der Waals surface area contributed by atoms with Gasteiger partial charge in [-0.3, -0.25) is 4.90 Å². The summed E-state index contributed by atoms with van der Waals surface area (Å²) in [5, 5.41) is 7.52. The van der Waals surface area contributed by atoms with Gasteiger partial charge in [-0.1, -0.05) is 5.16 Å². The molecule has 1 aromatic rings. The van der Waals surface area contributed by atoms with Crippen LogP contribution < -0.4 is 5.32 Å². The van der Waals surface area contributed by atoms with E-state index in [-0.39, 0.29) is 5.54 Å². The molecule has 1 N–H and O–H groups in total. The second kappa shape index (κ2) is 7.76. The topological polar surface area (TPSA) is 50.5 Å². The van der Waals surface area contributed by atoms with Crippen LogP contribution in [-0.4, -0.2) is 41.9 Å². The zero-order valence-corrected chi connectivity index (χ0v) is 13.7. The largest absolute Gasteiger partial charge is 0.383 e. The van der Waals surface area contributed by atoms with Crippen molar-refractivity contribution in [3.05, 3.63) is 17.5 Å². The lowest BCUT2D eigenvalue weighted by atomic mass is 10.1. The average molecular weight is 283 g/mol. The van der Waals surface area contributed by atoms with Crippen molar-refractivity contribution in [2.24, 2.45) is 0 Å². The summed E-state index contributed by atoms with van der Waals surface area (Å²) in [6.45, 7) is 13.9. The maximum atomic E-state index is 5.42. The third-order valence-corrected chi connectivity index (χ3v) is 3.08. The van der Waals surface area contributed by atoms with Gasteiger partial charge in [0.25, 0.3) is 0 Å². The Balaban J connectivity index is 2.53. The molecule has 5 nitrogen and oxygen atoms in total. The van der Waals surface area contributed by atoms with E-state index in [4.69, 9.17) is 9.26 Å². The van der Waals surface area contributed by atoms with Crippen LogP contribution in [0.3, 0.4) is 0 Å². The minimum absolute atomic E-state index is 0.0849. The van der Waals surface area contributed by atoms with E-state index in [9.17, 15) is 0 Å². The summed E-state index contributed by atoms with van der Waals surface area (Å²) in [6.07, 6.45) is 0. The zero-order chi connectivity index (χ0) is 15.2. The molecule has 0 saturated heterocycles. The molecule has 0 aliphatic heterocycles. The molecule has 5 heteroatoms. The van der Waals surface area contributed by atoms with Crippen molar-refractivity contribution in [1.82, 2.24) is 15.4 Å². The van der Waals surface area contributed by atoms with Gasteiger partial charge in [0.15, 0.2) is 5.76 Å². The molecule has 0 aromatic carbocycles. The lowest BCUT2D eigenvalue weighted by molar-refractivity contribution is 0.117. The number of methoxy groups -OCH3 is 1. The molecular formula is C15H29N3O2. The van der Waals surface area contributed by atoms with Crippen LogP contribution in [0.15, 0.2) is 10.6 Å². The van der Waals surface area contributed by atoms with E-state index in [0.29, 0.717) is 6.04 Å². The van der Waals surface area contributed by atoms with Crippen molar-refractivity contribution in [3.8, 4) is 0 Å². The standard InChI is InChI=1S/C15H29N3O2/c1-12(2)18(7-8-19-6)11-14-9-13(17-20-14)10-16-15(3,4)5/h9,12,16H,7-8,10-11H2,1-6H3. The van der Waals surface area contributed by atoms with E-state index in [0.717, 1.165) is 37.7 Å². The summed E-state index contributed by atoms with van der Waals surface area (Å²) in [6, 6.07) is 2.48. The first kappa shape index (κ1) is 17.1. The van der Waals surface area contributed by atoms with Crippen LogP contribution in [0.5, 0.6) is 0 Å². The highest BCUT2D eigenvalue weighted by molar-refractivity contribution is 5.05. The van der Waals surface area contributed by atoms with Gasteiger partial charge in [0, 0.05) is 37.8 Å². The molecule has 1 heterocycles. The van der Waals surface area contributed by atoms with Crippen LogP contribution >= 0.6 is 0 Å². The van der Waals surface area contributed by atoms with Gasteiger partial charge in [0.05, 0.1) is 18.8 Å². The number of rotatable bonds is 8. The molecule has 0 unspecified atom stereocenters. The molecule has 0 aliphatic carbocycles. The second-order valence-corrected chi connectivity index (χ2v) is 6.45. The number of ether oxygens (including phenoxy) is 1. The average Bonchev–Trinajstić information content (AvgIpc) is 2.78. The molecule has 1 rings (SSSR count). The van der Waals surface area contributed by atoms with E-state index in [2.05, 4.69) is 50.0 Å². The fourth-order valence-electron chi connectivity index (χ4n) is 1.80. The van der Waals surface area contributed by atoms with Crippen LogP contribution in [-0.2, 0) is 17.8 Å². The Morgan fingerprint density at radius 1 is 1.40 bits per heavy atom. The fraction of sp³-hybridized carbons (Fsp3) is 0.800. The number of hydrogen-bond donors (Lipinski definition) is 1. The second-order valence-electron chi connectivity index (χ2n) is 6.45. The number of nitrogens with one attached hydrogen (secondary N) is 1. The molecule has 0 bridgehead atoms. The van der Waals surface area contributed by atoms with Crippen LogP contribution in [0.1, 0.15) is 46.1 Å². The fourth-order valence-corrected chi connectivity index (χ4v) is 1.80. The summed E-state index contributed by atoms with van der Waals surface area (Å²) in [7, 11) is 1.73. The molecule has 0 spiro atoms. The van der Waals surface area contributed by atoms with Crippen molar-refractivity contribution in [2.45, 2.75) is 59.3 Å². The smallest absolute Gasteiger partial charge is 0.151 e. The van der Waals surface area contributed by atoms with Crippen molar-refractivity contribution >= 4 is 0 Å². The lowest BCUT2D eigenvalue weighted by Gasteiger charge is -2.24. The van der Waals surface area contributed by atoms with Crippen LogP contribution in [0.4, 0.5) is 0 Å². The molecule has 0 aliphatic rings. The SMILES string of the molecule is COCCN(Cc1cc(CNC(C)(C)C)no1)C(C)C. The maximum absolute atomic E-state index is 5.42. The van der Waals surface area contributed by atoms with Gasteiger partial charge in [-0.15, -0.1) is 0 Å². The van der Waals surface area contributed by atoms with E-state index < -0.39 is 0 Å². The molecule has 1 aromatic heterocycles. The first-order valence-electron chi connectivity index (χ1n) is 7.24. The van der Waals surface area contributed by atoms with Crippen molar-refractivity contribution < 1.29 is 9.26 Å². The lowest BCUT2D eigenvalue weighted by Crippen LogP contribution is -2.35. The highest BCUT2D eigenvalue weighted by atomic mass is 16.5. The molecule has 0 amide bonds. The van der Waals surface area contributed by atoms with Crippen LogP contribution in [0.25, 0.3) is 0 Å². The highest BCUT2D eigenvalue weighted by Gasteiger charge is 2.14. The van der Waals surface area contributed by atoms with Crippen molar-refractivity contribution in [3.63, 3.8) is 0 Å². The Morgan fingerprint density at radius 2 is 2.10 bits per heavy atom. The predicted molar refractivity (Wildman–Crippen MR) is 80.5 cm³/mol. The van der Waals surface area contributed by atoms with Crippen molar-refractivity contribution in [2.75, 3.05) is 20.3 Å². The van der Waals surface area contributed by atoms with E-state index >= 15 is 0 Å². The molecule has 20 heavy (non-hydrogen) atoms. The first-order valence-corrected chi connectivity index (χ1v) is 7.24. The zero-order valence-electron chi connectivity index (χ0n) is 13.7. The molecular weight excluding hydrogens is 254 g/mol. The van der Waals surface area contributed by atoms with Gasteiger partial charge < -0.3 is 14.6 Å². The van der Waals surface area contributed by atoms with Gasteiger partial charge >= 0.3 is 0 Å². The predicted octanol–water partition coefficient (Wildman–Crippen LogP) is 2.42. The summed E-state index contributed by atoms with van der Waals surface area (Å²) in [5.41, 5.74) is 1.03. The third-order valence-electron chi connectivity index (χ3n) is 3.08. The Bertz CT molecular complexity index is 383. The van der Waals surface area contributed by atoms with Crippen LogP contribution in [0, 0.1) is 0 Å². The monoisotopic (exact) mass is 283 g/mol. The maximum Gasteiger partial charge on any atom is 0.151 e. The van der Waals surface area contributed by atoms with E-state index in [1.54, 1.807) is 7.11 Å². The molecule has 0 radical (unpaired) electrons. The van der Waals surface area contributed by atoms with Gasteiger partial charge in [-0.2, -0.15) is 0 Å². The summed E-state index contributed by atoms with van der Waals surface area (Å²) in [4.78, 5) is 2.31. The van der Waals surface area contributed by atoms with Gasteiger partial charge in [0.2, 0.25) is 0 Å². The third kappa shape index (κ3) is 6.50. The molecule has 116 valence electrons. The quantitative estimate of drug-likeness (QED) is 0.794. The van der Waals surface area contributed by atoms with Gasteiger partial charge in [-0.25, -0.2) is 0 Å². The summed E-state index contributed by atoms with van der Waals surface area (Å²) in [5.74, 6) is 0.903. The Labute approximate surface area is 122 Å². The molecule has 0 saturated carbocycles. The van der Waals surface area contributed by atoms with Crippen molar-refractivity contribution in [1.29, 1.82) is 0 Å². The Kier molecular flexibility index (Phi) is 6.65. The molecule has 0 atom stereocenters. The van der Waals surface area contributed by atoms with E-state index in [1.807, 2.05) is 6.07 Å². The van der Waals surface area contributed by atoms with Crippen LogP contribution in [0.2, 0.25) is 0 Å². The highest BCUT2D eigenvalue weighted by Crippen LogP contribution is 2.11. The molecule has 0 fully saturated rings. The minimum atomic E-state index is 0.0849. The summed E-state index contributed by atoms with van der Waals surface area (Å²) >= 11 is 0. The Hall–Kier alpha value is -0.910. The Morgan fingerprint density at radius 3 is 2.65 bits per heavy atom.